The van der Waals surface area contributed by atoms with E-state index in [4.69, 9.17) is 15.2 Å². The van der Waals surface area contributed by atoms with E-state index in [2.05, 4.69) is 18.7 Å². The third-order valence-electron chi connectivity index (χ3n) is 3.87. The molecule has 1 fully saturated rings. The van der Waals surface area contributed by atoms with Gasteiger partial charge in [0.2, 0.25) is 0 Å². The first-order valence-corrected chi connectivity index (χ1v) is 7.33. The number of nitrogens with zero attached hydrogens (tertiary/aromatic N) is 1. The molecule has 4 nitrogen and oxygen atoms in total. The summed E-state index contributed by atoms with van der Waals surface area (Å²) in [6.45, 7) is 7.91. The smallest absolute Gasteiger partial charge is 0.0854 e. The maximum absolute atomic E-state index is 6.15. The van der Waals surface area contributed by atoms with Crippen molar-refractivity contribution in [1.82, 2.24) is 4.90 Å². The second kappa shape index (κ2) is 8.86. The number of rotatable bonds is 8. The minimum atomic E-state index is 0.166. The molecular formula is C14H30N2O2. The molecule has 2 N–H and O–H groups in total. The Kier molecular flexibility index (Phi) is 7.82. The first kappa shape index (κ1) is 15.9. The summed E-state index contributed by atoms with van der Waals surface area (Å²) < 4.78 is 10.9. The highest BCUT2D eigenvalue weighted by molar-refractivity contribution is 4.86. The van der Waals surface area contributed by atoms with Crippen molar-refractivity contribution in [2.24, 2.45) is 5.73 Å². The summed E-state index contributed by atoms with van der Waals surface area (Å²) in [6, 6.07) is 0.869. The van der Waals surface area contributed by atoms with Crippen LogP contribution in [-0.4, -0.2) is 56.5 Å². The van der Waals surface area contributed by atoms with Crippen molar-refractivity contribution in [2.45, 2.75) is 57.7 Å². The van der Waals surface area contributed by atoms with Crippen LogP contribution >= 0.6 is 0 Å². The SMILES string of the molecule is CCCC(CC)N1CC[C@@H](N)[C@@H](OCCOC)C1. The maximum Gasteiger partial charge on any atom is 0.0854 e. The molecule has 3 atom stereocenters. The van der Waals surface area contributed by atoms with E-state index in [9.17, 15) is 0 Å². The van der Waals surface area contributed by atoms with E-state index in [1.807, 2.05) is 0 Å². The molecule has 1 rings (SSSR count). The molecule has 0 aromatic carbocycles. The van der Waals surface area contributed by atoms with Crippen LogP contribution in [0.4, 0.5) is 0 Å². The molecule has 0 bridgehead atoms. The minimum Gasteiger partial charge on any atom is -0.382 e. The highest BCUT2D eigenvalue weighted by Gasteiger charge is 2.30. The lowest BCUT2D eigenvalue weighted by molar-refractivity contribution is -0.0412. The fourth-order valence-corrected chi connectivity index (χ4v) is 2.73. The number of likely N-dealkylation sites (tertiary alicyclic amines) is 1. The molecule has 0 saturated carbocycles. The van der Waals surface area contributed by atoms with E-state index >= 15 is 0 Å². The molecule has 18 heavy (non-hydrogen) atoms. The summed E-state index contributed by atoms with van der Waals surface area (Å²) in [5, 5.41) is 0. The van der Waals surface area contributed by atoms with E-state index in [-0.39, 0.29) is 12.1 Å². The number of nitrogens with two attached hydrogens (primary N) is 1. The Morgan fingerprint density at radius 2 is 2.11 bits per heavy atom. The zero-order chi connectivity index (χ0) is 13.4. The molecule has 0 aromatic rings. The van der Waals surface area contributed by atoms with Gasteiger partial charge in [-0.1, -0.05) is 20.3 Å². The fourth-order valence-electron chi connectivity index (χ4n) is 2.73. The molecule has 4 heteroatoms. The van der Waals surface area contributed by atoms with Gasteiger partial charge in [0, 0.05) is 32.3 Å². The van der Waals surface area contributed by atoms with E-state index in [0.29, 0.717) is 19.3 Å². The number of hydrogen-bond donors (Lipinski definition) is 1. The second-order valence-electron chi connectivity index (χ2n) is 5.20. The summed E-state index contributed by atoms with van der Waals surface area (Å²) in [7, 11) is 1.70. The molecule has 1 heterocycles. The first-order chi connectivity index (χ1) is 8.72. The van der Waals surface area contributed by atoms with Crippen LogP contribution in [-0.2, 0) is 9.47 Å². The Bertz CT molecular complexity index is 214. The highest BCUT2D eigenvalue weighted by atomic mass is 16.5. The first-order valence-electron chi connectivity index (χ1n) is 7.33. The normalized spacial score (nSPS) is 27.3. The lowest BCUT2D eigenvalue weighted by Crippen LogP contribution is -2.54. The maximum atomic E-state index is 6.15. The average Bonchev–Trinajstić information content (AvgIpc) is 2.38. The van der Waals surface area contributed by atoms with E-state index in [0.717, 1.165) is 19.5 Å². The van der Waals surface area contributed by atoms with Gasteiger partial charge in [-0.15, -0.1) is 0 Å². The Labute approximate surface area is 112 Å². The predicted octanol–water partition coefficient (Wildman–Crippen LogP) is 1.63. The third-order valence-corrected chi connectivity index (χ3v) is 3.87. The Hall–Kier alpha value is -0.160. The van der Waals surface area contributed by atoms with Crippen molar-refractivity contribution in [3.05, 3.63) is 0 Å². The van der Waals surface area contributed by atoms with E-state index in [1.165, 1.54) is 19.3 Å². The lowest BCUT2D eigenvalue weighted by Gasteiger charge is -2.40. The predicted molar refractivity (Wildman–Crippen MR) is 74.8 cm³/mol. The summed E-state index contributed by atoms with van der Waals surface area (Å²) in [6.07, 6.45) is 4.94. The van der Waals surface area contributed by atoms with Crippen molar-refractivity contribution in [3.8, 4) is 0 Å². The van der Waals surface area contributed by atoms with Gasteiger partial charge in [-0.2, -0.15) is 0 Å². The molecule has 0 spiro atoms. The van der Waals surface area contributed by atoms with Gasteiger partial charge in [-0.05, 0) is 19.3 Å². The second-order valence-corrected chi connectivity index (χ2v) is 5.20. The average molecular weight is 258 g/mol. The Morgan fingerprint density at radius 3 is 2.72 bits per heavy atom. The van der Waals surface area contributed by atoms with Crippen molar-refractivity contribution >= 4 is 0 Å². The summed E-state index contributed by atoms with van der Waals surface area (Å²) in [5.74, 6) is 0. The van der Waals surface area contributed by atoms with Crippen LogP contribution in [0.5, 0.6) is 0 Å². The lowest BCUT2D eigenvalue weighted by atomic mass is 9.98. The zero-order valence-electron chi connectivity index (χ0n) is 12.2. The van der Waals surface area contributed by atoms with E-state index in [1.54, 1.807) is 7.11 Å². The monoisotopic (exact) mass is 258 g/mol. The molecule has 1 aliphatic heterocycles. The van der Waals surface area contributed by atoms with Crippen molar-refractivity contribution in [1.29, 1.82) is 0 Å². The minimum absolute atomic E-state index is 0.166. The van der Waals surface area contributed by atoms with Gasteiger partial charge in [0.25, 0.3) is 0 Å². The standard InChI is InChI=1S/C14H30N2O2/c1-4-6-12(5-2)16-8-7-13(15)14(11-16)18-10-9-17-3/h12-14H,4-11,15H2,1-3H3/t12?,13-,14+/m1/s1. The van der Waals surface area contributed by atoms with Crippen LogP contribution in [0.2, 0.25) is 0 Å². The quantitative estimate of drug-likeness (QED) is 0.672. The van der Waals surface area contributed by atoms with Crippen molar-refractivity contribution < 1.29 is 9.47 Å². The van der Waals surface area contributed by atoms with Crippen LogP contribution in [0.1, 0.15) is 39.5 Å². The molecular weight excluding hydrogens is 228 g/mol. The van der Waals surface area contributed by atoms with Gasteiger partial charge in [0.1, 0.15) is 0 Å². The van der Waals surface area contributed by atoms with Gasteiger partial charge in [-0.3, -0.25) is 4.90 Å². The third kappa shape index (κ3) is 4.84. The molecule has 1 unspecified atom stereocenters. The van der Waals surface area contributed by atoms with Crippen molar-refractivity contribution in [2.75, 3.05) is 33.4 Å². The van der Waals surface area contributed by atoms with Gasteiger partial charge in [0.15, 0.2) is 0 Å². The highest BCUT2D eigenvalue weighted by Crippen LogP contribution is 2.19. The van der Waals surface area contributed by atoms with Gasteiger partial charge in [0.05, 0.1) is 19.3 Å². The Balaban J connectivity index is 2.42. The number of piperidine rings is 1. The molecule has 0 aromatic heterocycles. The van der Waals surface area contributed by atoms with Crippen LogP contribution < -0.4 is 5.73 Å². The van der Waals surface area contributed by atoms with E-state index < -0.39 is 0 Å². The fraction of sp³-hybridized carbons (Fsp3) is 1.00. The van der Waals surface area contributed by atoms with Crippen LogP contribution in [0.15, 0.2) is 0 Å². The zero-order valence-corrected chi connectivity index (χ0v) is 12.2. The van der Waals surface area contributed by atoms with Gasteiger partial charge < -0.3 is 15.2 Å². The number of ether oxygens (including phenoxy) is 2. The molecule has 0 aliphatic carbocycles. The molecule has 0 amide bonds. The Morgan fingerprint density at radius 1 is 1.33 bits per heavy atom. The largest absolute Gasteiger partial charge is 0.382 e. The number of methoxy groups -OCH3 is 1. The summed E-state index contributed by atoms with van der Waals surface area (Å²) in [5.41, 5.74) is 6.15. The van der Waals surface area contributed by atoms with Gasteiger partial charge >= 0.3 is 0 Å². The molecule has 0 radical (unpaired) electrons. The van der Waals surface area contributed by atoms with Crippen molar-refractivity contribution in [3.63, 3.8) is 0 Å². The van der Waals surface area contributed by atoms with Crippen LogP contribution in [0.25, 0.3) is 0 Å². The van der Waals surface area contributed by atoms with Crippen LogP contribution in [0, 0.1) is 0 Å². The molecule has 1 aliphatic rings. The number of hydrogen-bond acceptors (Lipinski definition) is 4. The molecule has 1 saturated heterocycles. The molecule has 108 valence electrons. The van der Waals surface area contributed by atoms with Gasteiger partial charge in [-0.25, -0.2) is 0 Å². The van der Waals surface area contributed by atoms with Crippen LogP contribution in [0.3, 0.4) is 0 Å². The summed E-state index contributed by atoms with van der Waals surface area (Å²) >= 11 is 0. The summed E-state index contributed by atoms with van der Waals surface area (Å²) in [4.78, 5) is 2.56. The topological polar surface area (TPSA) is 47.7 Å².